The zero-order valence-electron chi connectivity index (χ0n) is 17.4. The summed E-state index contributed by atoms with van der Waals surface area (Å²) in [6.07, 6.45) is 2.03. The minimum atomic E-state index is -4.12. The second-order valence-corrected chi connectivity index (χ2v) is 9.83. The molecule has 1 aromatic heterocycles. The summed E-state index contributed by atoms with van der Waals surface area (Å²) in [5.74, 6) is -1.17. The van der Waals surface area contributed by atoms with E-state index in [0.29, 0.717) is 29.2 Å². The number of halogens is 3. The number of hydrogen-bond donors (Lipinski definition) is 0. The van der Waals surface area contributed by atoms with Gasteiger partial charge in [0.05, 0.1) is 6.20 Å². The molecule has 0 N–H and O–H groups in total. The van der Waals surface area contributed by atoms with E-state index in [1.807, 2.05) is 12.1 Å². The highest BCUT2D eigenvalue weighted by Gasteiger charge is 2.32. The Morgan fingerprint density at radius 1 is 1.06 bits per heavy atom. The second kappa shape index (κ2) is 9.58. The molecule has 1 aliphatic heterocycles. The van der Waals surface area contributed by atoms with Gasteiger partial charge >= 0.3 is 0 Å². The number of aromatic nitrogens is 1. The fourth-order valence-corrected chi connectivity index (χ4v) is 5.14. The van der Waals surface area contributed by atoms with E-state index in [0.717, 1.165) is 22.0 Å². The maximum Gasteiger partial charge on any atom is 0.246 e. The van der Waals surface area contributed by atoms with Gasteiger partial charge < -0.3 is 9.32 Å². The lowest BCUT2D eigenvalue weighted by atomic mass is 10.2. The van der Waals surface area contributed by atoms with Crippen molar-refractivity contribution in [2.45, 2.75) is 17.7 Å². The van der Waals surface area contributed by atoms with Crippen molar-refractivity contribution in [1.29, 1.82) is 0 Å². The van der Waals surface area contributed by atoms with Gasteiger partial charge in [0, 0.05) is 55.7 Å². The lowest BCUT2D eigenvalue weighted by Crippen LogP contribution is -2.50. The summed E-state index contributed by atoms with van der Waals surface area (Å²) in [7, 11) is -4.12. The largest absolute Gasteiger partial charge is 0.441 e. The predicted molar refractivity (Wildman–Crippen MR) is 117 cm³/mol. The molecule has 1 amide bonds. The summed E-state index contributed by atoms with van der Waals surface area (Å²) >= 11 is 5.89. The van der Waals surface area contributed by atoms with Crippen LogP contribution < -0.4 is 0 Å². The second-order valence-electron chi connectivity index (χ2n) is 7.48. The number of rotatable bonds is 6. The Labute approximate surface area is 194 Å². The molecule has 0 unspecified atom stereocenters. The molecule has 4 rings (SSSR count). The maximum atomic E-state index is 14.0. The Hall–Kier alpha value is -2.82. The van der Waals surface area contributed by atoms with Crippen LogP contribution in [0.4, 0.5) is 8.78 Å². The average molecular weight is 496 g/mol. The molecule has 0 radical (unpaired) electrons. The van der Waals surface area contributed by atoms with Crippen LogP contribution in [0.1, 0.15) is 12.3 Å². The van der Waals surface area contributed by atoms with Crippen LogP contribution in [0.5, 0.6) is 0 Å². The fourth-order valence-electron chi connectivity index (χ4n) is 3.55. The van der Waals surface area contributed by atoms with Crippen LogP contribution in [-0.4, -0.2) is 54.7 Å². The van der Waals surface area contributed by atoms with Crippen molar-refractivity contribution in [2.24, 2.45) is 0 Å². The molecule has 0 saturated carbocycles. The molecule has 2 heterocycles. The first kappa shape index (κ1) is 23.3. The number of oxazole rings is 1. The summed E-state index contributed by atoms with van der Waals surface area (Å²) in [6.45, 7) is 0.375. The van der Waals surface area contributed by atoms with Gasteiger partial charge in [0.1, 0.15) is 16.5 Å². The first-order valence-corrected chi connectivity index (χ1v) is 12.0. The van der Waals surface area contributed by atoms with E-state index in [4.69, 9.17) is 16.0 Å². The number of piperazine rings is 1. The van der Waals surface area contributed by atoms with Crippen LogP contribution in [0, 0.1) is 11.6 Å². The van der Waals surface area contributed by atoms with E-state index in [2.05, 4.69) is 4.98 Å². The van der Waals surface area contributed by atoms with Crippen LogP contribution in [0.3, 0.4) is 0 Å². The Morgan fingerprint density at radius 3 is 2.42 bits per heavy atom. The predicted octanol–water partition coefficient (Wildman–Crippen LogP) is 3.74. The van der Waals surface area contributed by atoms with Gasteiger partial charge in [-0.3, -0.25) is 4.79 Å². The quantitative estimate of drug-likeness (QED) is 0.520. The van der Waals surface area contributed by atoms with Crippen molar-refractivity contribution in [3.8, 4) is 11.3 Å². The summed E-state index contributed by atoms with van der Waals surface area (Å²) in [5, 5.41) is 0.611. The Morgan fingerprint density at radius 2 is 1.76 bits per heavy atom. The van der Waals surface area contributed by atoms with Crippen molar-refractivity contribution in [3.63, 3.8) is 0 Å². The topological polar surface area (TPSA) is 83.7 Å². The zero-order valence-corrected chi connectivity index (χ0v) is 19.0. The van der Waals surface area contributed by atoms with Gasteiger partial charge in [-0.25, -0.2) is 22.2 Å². The molecule has 1 aliphatic rings. The van der Waals surface area contributed by atoms with Gasteiger partial charge in [-0.2, -0.15) is 4.31 Å². The molecule has 1 fully saturated rings. The smallest absolute Gasteiger partial charge is 0.246 e. The summed E-state index contributed by atoms with van der Waals surface area (Å²) < 4.78 is 59.2. The first-order valence-electron chi connectivity index (χ1n) is 10.2. The van der Waals surface area contributed by atoms with Crippen molar-refractivity contribution in [1.82, 2.24) is 14.2 Å². The molecule has 0 aliphatic carbocycles. The molecule has 174 valence electrons. The number of sulfonamides is 1. The molecule has 0 spiro atoms. The van der Waals surface area contributed by atoms with Crippen LogP contribution >= 0.6 is 11.6 Å². The summed E-state index contributed by atoms with van der Waals surface area (Å²) in [6, 6.07) is 9.45. The third-order valence-corrected chi connectivity index (χ3v) is 7.52. The minimum Gasteiger partial charge on any atom is -0.441 e. The molecular weight excluding hydrogens is 476 g/mol. The highest BCUT2D eigenvalue weighted by Crippen LogP contribution is 2.24. The first-order chi connectivity index (χ1) is 15.7. The van der Waals surface area contributed by atoms with Crippen molar-refractivity contribution >= 4 is 27.5 Å². The standard InChI is InChI=1S/C22H20ClF2N3O4S/c23-16-3-1-15(2-4-16)19-14-26-21(32-19)7-8-22(29)27-9-11-28(12-10-27)33(30,31)20-6-5-17(24)13-18(20)25/h1-6,13-14H,7-12H2. The minimum absolute atomic E-state index is 0.0185. The van der Waals surface area contributed by atoms with Gasteiger partial charge in [-0.1, -0.05) is 11.6 Å². The number of amides is 1. The number of hydrogen-bond acceptors (Lipinski definition) is 5. The number of benzene rings is 2. The van der Waals surface area contributed by atoms with E-state index in [9.17, 15) is 22.0 Å². The highest BCUT2D eigenvalue weighted by atomic mass is 35.5. The van der Waals surface area contributed by atoms with Gasteiger partial charge in [0.15, 0.2) is 11.7 Å². The average Bonchev–Trinajstić information content (AvgIpc) is 3.27. The Kier molecular flexibility index (Phi) is 6.78. The van der Waals surface area contributed by atoms with Crippen molar-refractivity contribution in [2.75, 3.05) is 26.2 Å². The number of carbonyl (C=O) groups excluding carboxylic acids is 1. The SMILES string of the molecule is O=C(CCc1ncc(-c2ccc(Cl)cc2)o1)N1CCN(S(=O)(=O)c2ccc(F)cc2F)CC1. The van der Waals surface area contributed by atoms with E-state index < -0.39 is 26.6 Å². The van der Waals surface area contributed by atoms with Crippen LogP contribution in [0.15, 0.2) is 58.0 Å². The Balaban J connectivity index is 1.31. The Bertz CT molecular complexity index is 1260. The van der Waals surface area contributed by atoms with Crippen LogP contribution in [0.2, 0.25) is 5.02 Å². The van der Waals surface area contributed by atoms with Crippen LogP contribution in [0.25, 0.3) is 11.3 Å². The summed E-state index contributed by atoms with van der Waals surface area (Å²) in [4.78, 5) is 17.8. The molecule has 33 heavy (non-hydrogen) atoms. The molecule has 7 nitrogen and oxygen atoms in total. The molecular formula is C22H20ClF2N3O4S. The van der Waals surface area contributed by atoms with Gasteiger partial charge in [0.2, 0.25) is 15.9 Å². The molecule has 3 aromatic rings. The molecule has 11 heteroatoms. The number of carbonyl (C=O) groups is 1. The third-order valence-electron chi connectivity index (χ3n) is 5.34. The maximum absolute atomic E-state index is 14.0. The van der Waals surface area contributed by atoms with Gasteiger partial charge in [-0.05, 0) is 36.4 Å². The molecule has 1 saturated heterocycles. The zero-order chi connectivity index (χ0) is 23.6. The van der Waals surface area contributed by atoms with Crippen molar-refractivity contribution < 1.29 is 26.4 Å². The van der Waals surface area contributed by atoms with Gasteiger partial charge in [-0.15, -0.1) is 0 Å². The fraction of sp³-hybridized carbons (Fsp3) is 0.273. The molecule has 2 aromatic carbocycles. The van der Waals surface area contributed by atoms with E-state index in [1.54, 1.807) is 23.2 Å². The third kappa shape index (κ3) is 5.23. The lowest BCUT2D eigenvalue weighted by Gasteiger charge is -2.34. The monoisotopic (exact) mass is 495 g/mol. The summed E-state index contributed by atoms with van der Waals surface area (Å²) in [5.41, 5.74) is 0.819. The van der Waals surface area contributed by atoms with Gasteiger partial charge in [0.25, 0.3) is 0 Å². The van der Waals surface area contributed by atoms with Crippen LogP contribution in [-0.2, 0) is 21.2 Å². The number of aryl methyl sites for hydroxylation is 1. The van der Waals surface area contributed by atoms with E-state index in [1.165, 1.54) is 0 Å². The van der Waals surface area contributed by atoms with E-state index >= 15 is 0 Å². The molecule has 0 atom stereocenters. The number of nitrogens with zero attached hydrogens (tertiary/aromatic N) is 3. The normalized spacial score (nSPS) is 15.1. The highest BCUT2D eigenvalue weighted by molar-refractivity contribution is 7.89. The lowest BCUT2D eigenvalue weighted by molar-refractivity contribution is -0.132. The van der Waals surface area contributed by atoms with Crippen molar-refractivity contribution in [3.05, 3.63) is 71.2 Å². The van der Waals surface area contributed by atoms with E-state index in [-0.39, 0.29) is 38.5 Å². The molecule has 0 bridgehead atoms.